The first-order chi connectivity index (χ1) is 8.80. The lowest BCUT2D eigenvalue weighted by Gasteiger charge is -2.21. The van der Waals surface area contributed by atoms with Crippen LogP contribution < -0.4 is 10.6 Å². The van der Waals surface area contributed by atoms with Crippen molar-refractivity contribution in [1.82, 2.24) is 5.32 Å². The summed E-state index contributed by atoms with van der Waals surface area (Å²) in [5.41, 5.74) is 1.60. The SMILES string of the molecule is CO[C@H]1CNCC1Nc1cccc(SC)c1C#N. The summed E-state index contributed by atoms with van der Waals surface area (Å²) in [6.45, 7) is 1.70. The Labute approximate surface area is 112 Å². The number of nitrogens with zero attached hydrogens (tertiary/aromatic N) is 1. The molecule has 0 aromatic heterocycles. The highest BCUT2D eigenvalue weighted by Crippen LogP contribution is 2.27. The molecule has 18 heavy (non-hydrogen) atoms. The summed E-state index contributed by atoms with van der Waals surface area (Å²) in [5, 5.41) is 16.0. The van der Waals surface area contributed by atoms with Gasteiger partial charge in [-0.2, -0.15) is 5.26 Å². The zero-order chi connectivity index (χ0) is 13.0. The monoisotopic (exact) mass is 263 g/mol. The van der Waals surface area contributed by atoms with E-state index in [9.17, 15) is 5.26 Å². The van der Waals surface area contributed by atoms with E-state index in [1.165, 1.54) is 0 Å². The summed E-state index contributed by atoms with van der Waals surface area (Å²) in [7, 11) is 1.72. The second-order valence-corrected chi connectivity index (χ2v) is 5.03. The summed E-state index contributed by atoms with van der Waals surface area (Å²) in [6.07, 6.45) is 2.13. The molecule has 1 aromatic carbocycles. The zero-order valence-electron chi connectivity index (χ0n) is 10.6. The predicted molar refractivity (Wildman–Crippen MR) is 74.0 cm³/mol. The lowest BCUT2D eigenvalue weighted by Crippen LogP contribution is -2.33. The number of hydrogen-bond donors (Lipinski definition) is 2. The number of thioether (sulfide) groups is 1. The summed E-state index contributed by atoms with van der Waals surface area (Å²) in [4.78, 5) is 1.00. The molecule has 5 heteroatoms. The Morgan fingerprint density at radius 2 is 2.33 bits per heavy atom. The van der Waals surface area contributed by atoms with E-state index < -0.39 is 0 Å². The van der Waals surface area contributed by atoms with Crippen LogP contribution in [0.2, 0.25) is 0 Å². The molecule has 2 N–H and O–H groups in total. The summed E-state index contributed by atoms with van der Waals surface area (Å²) in [6, 6.07) is 8.37. The number of methoxy groups -OCH3 is 1. The van der Waals surface area contributed by atoms with Gasteiger partial charge in [0.1, 0.15) is 6.07 Å². The van der Waals surface area contributed by atoms with Gasteiger partial charge in [0.25, 0.3) is 0 Å². The Morgan fingerprint density at radius 1 is 1.50 bits per heavy atom. The molecule has 2 rings (SSSR count). The van der Waals surface area contributed by atoms with Gasteiger partial charge in [-0.1, -0.05) is 6.07 Å². The molecule has 1 aliphatic heterocycles. The first kappa shape index (κ1) is 13.2. The van der Waals surface area contributed by atoms with Crippen molar-refractivity contribution < 1.29 is 4.74 Å². The fourth-order valence-electron chi connectivity index (χ4n) is 2.18. The number of nitrogens with one attached hydrogen (secondary N) is 2. The number of hydrogen-bond acceptors (Lipinski definition) is 5. The highest BCUT2D eigenvalue weighted by Gasteiger charge is 2.27. The van der Waals surface area contributed by atoms with Crippen molar-refractivity contribution in [3.8, 4) is 6.07 Å². The standard InChI is InChI=1S/C13H17N3OS/c1-17-12-8-15-7-11(12)16-10-4-3-5-13(18-2)9(10)6-14/h3-5,11-12,15-16H,7-8H2,1-2H3/t11?,12-/m0/s1. The first-order valence-corrected chi connectivity index (χ1v) is 7.09. The van der Waals surface area contributed by atoms with Gasteiger partial charge in [-0.3, -0.25) is 0 Å². The van der Waals surface area contributed by atoms with Gasteiger partial charge in [-0.05, 0) is 18.4 Å². The molecule has 2 atom stereocenters. The van der Waals surface area contributed by atoms with Crippen LogP contribution >= 0.6 is 11.8 Å². The lowest BCUT2D eigenvalue weighted by molar-refractivity contribution is 0.111. The molecular formula is C13H17N3OS. The Hall–Kier alpha value is -1.22. The largest absolute Gasteiger partial charge is 0.378 e. The smallest absolute Gasteiger partial charge is 0.102 e. The molecule has 1 aliphatic rings. The van der Waals surface area contributed by atoms with Crippen LogP contribution in [0.3, 0.4) is 0 Å². The number of rotatable bonds is 4. The molecule has 1 fully saturated rings. The quantitative estimate of drug-likeness (QED) is 0.809. The molecule has 0 radical (unpaired) electrons. The average Bonchev–Trinajstić information content (AvgIpc) is 2.85. The van der Waals surface area contributed by atoms with E-state index in [-0.39, 0.29) is 12.1 Å². The maximum absolute atomic E-state index is 9.28. The van der Waals surface area contributed by atoms with Crippen LogP contribution in [-0.4, -0.2) is 38.6 Å². The van der Waals surface area contributed by atoms with Gasteiger partial charge in [-0.25, -0.2) is 0 Å². The van der Waals surface area contributed by atoms with Gasteiger partial charge in [-0.15, -0.1) is 11.8 Å². The van der Waals surface area contributed by atoms with E-state index in [2.05, 4.69) is 16.7 Å². The lowest BCUT2D eigenvalue weighted by atomic mass is 10.1. The maximum atomic E-state index is 9.28. The molecule has 0 bridgehead atoms. The van der Waals surface area contributed by atoms with Crippen LogP contribution in [0.5, 0.6) is 0 Å². The van der Waals surface area contributed by atoms with Crippen molar-refractivity contribution in [1.29, 1.82) is 5.26 Å². The van der Waals surface area contributed by atoms with Gasteiger partial charge >= 0.3 is 0 Å². The number of benzene rings is 1. The molecule has 96 valence electrons. The van der Waals surface area contributed by atoms with E-state index in [4.69, 9.17) is 4.74 Å². The fraction of sp³-hybridized carbons (Fsp3) is 0.462. The third kappa shape index (κ3) is 2.61. The van der Waals surface area contributed by atoms with Crippen molar-refractivity contribution in [3.63, 3.8) is 0 Å². The molecule has 1 saturated heterocycles. The maximum Gasteiger partial charge on any atom is 0.102 e. The molecule has 1 aromatic rings. The third-order valence-corrected chi connectivity index (χ3v) is 3.94. The van der Waals surface area contributed by atoms with Crippen LogP contribution in [0.25, 0.3) is 0 Å². The first-order valence-electron chi connectivity index (χ1n) is 5.87. The van der Waals surface area contributed by atoms with Gasteiger partial charge in [0, 0.05) is 25.1 Å². The van der Waals surface area contributed by atoms with Crippen molar-refractivity contribution >= 4 is 17.4 Å². The molecule has 0 aliphatic carbocycles. The summed E-state index contributed by atoms with van der Waals surface area (Å²) >= 11 is 1.59. The van der Waals surface area contributed by atoms with E-state index in [1.807, 2.05) is 24.5 Å². The molecule has 1 heterocycles. The highest BCUT2D eigenvalue weighted by molar-refractivity contribution is 7.98. The topological polar surface area (TPSA) is 57.1 Å². The average molecular weight is 263 g/mol. The predicted octanol–water partition coefficient (Wildman–Crippen LogP) is 1.68. The molecular weight excluding hydrogens is 246 g/mol. The van der Waals surface area contributed by atoms with Crippen LogP contribution in [0, 0.1) is 11.3 Å². The number of nitriles is 1. The Balaban J connectivity index is 2.21. The van der Waals surface area contributed by atoms with Crippen molar-refractivity contribution in [3.05, 3.63) is 23.8 Å². The molecule has 1 unspecified atom stereocenters. The van der Waals surface area contributed by atoms with Gasteiger partial charge < -0.3 is 15.4 Å². The Kier molecular flexibility index (Phi) is 4.48. The van der Waals surface area contributed by atoms with E-state index >= 15 is 0 Å². The van der Waals surface area contributed by atoms with E-state index in [1.54, 1.807) is 18.9 Å². The van der Waals surface area contributed by atoms with E-state index in [0.717, 1.165) is 23.7 Å². The second-order valence-electron chi connectivity index (χ2n) is 4.18. The number of anilines is 1. The van der Waals surface area contributed by atoms with Crippen LogP contribution in [0.4, 0.5) is 5.69 Å². The molecule has 4 nitrogen and oxygen atoms in total. The van der Waals surface area contributed by atoms with Gasteiger partial charge in [0.2, 0.25) is 0 Å². The van der Waals surface area contributed by atoms with Crippen molar-refractivity contribution in [2.24, 2.45) is 0 Å². The molecule has 0 amide bonds. The number of ether oxygens (including phenoxy) is 1. The Bertz CT molecular complexity index is 458. The highest BCUT2D eigenvalue weighted by atomic mass is 32.2. The van der Waals surface area contributed by atoms with Crippen LogP contribution in [-0.2, 0) is 4.74 Å². The summed E-state index contributed by atoms with van der Waals surface area (Å²) < 4.78 is 5.41. The molecule has 0 saturated carbocycles. The second kappa shape index (κ2) is 6.10. The van der Waals surface area contributed by atoms with Gasteiger partial charge in [0.15, 0.2) is 0 Å². The molecule has 0 spiro atoms. The minimum atomic E-state index is 0.148. The summed E-state index contributed by atoms with van der Waals surface area (Å²) in [5.74, 6) is 0. The zero-order valence-corrected chi connectivity index (χ0v) is 11.4. The van der Waals surface area contributed by atoms with Crippen molar-refractivity contribution in [2.75, 3.05) is 31.8 Å². The minimum absolute atomic E-state index is 0.148. The minimum Gasteiger partial charge on any atom is -0.378 e. The van der Waals surface area contributed by atoms with Crippen LogP contribution in [0.1, 0.15) is 5.56 Å². The fourth-order valence-corrected chi connectivity index (χ4v) is 2.76. The van der Waals surface area contributed by atoms with Crippen LogP contribution in [0.15, 0.2) is 23.1 Å². The van der Waals surface area contributed by atoms with Gasteiger partial charge in [0.05, 0.1) is 23.4 Å². The van der Waals surface area contributed by atoms with E-state index in [0.29, 0.717) is 5.56 Å². The third-order valence-electron chi connectivity index (χ3n) is 3.16. The van der Waals surface area contributed by atoms with Crippen molar-refractivity contribution in [2.45, 2.75) is 17.0 Å². The normalized spacial score (nSPS) is 22.7. The Morgan fingerprint density at radius 3 is 3.00 bits per heavy atom.